The van der Waals surface area contributed by atoms with Crippen LogP contribution >= 0.6 is 11.6 Å². The minimum absolute atomic E-state index is 0.0724. The second kappa shape index (κ2) is 6.75. The fourth-order valence-electron chi connectivity index (χ4n) is 1.55. The zero-order valence-electron chi connectivity index (χ0n) is 10.3. The molecule has 4 nitrogen and oxygen atoms in total. The molecule has 2 aromatic rings. The molecule has 0 spiro atoms. The lowest BCUT2D eigenvalue weighted by atomic mass is 10.2. The van der Waals surface area contributed by atoms with Gasteiger partial charge < -0.3 is 10.6 Å². The van der Waals surface area contributed by atoms with Crippen molar-refractivity contribution >= 4 is 23.2 Å². The van der Waals surface area contributed by atoms with Crippen molar-refractivity contribution in [2.24, 2.45) is 0 Å². The number of pyridine rings is 1. The van der Waals surface area contributed by atoms with Gasteiger partial charge in [-0.2, -0.15) is 0 Å². The van der Waals surface area contributed by atoms with Gasteiger partial charge in [-0.25, -0.2) is 4.98 Å². The van der Waals surface area contributed by atoms with Crippen LogP contribution in [-0.2, 0) is 11.3 Å². The Morgan fingerprint density at radius 3 is 2.74 bits per heavy atom. The summed E-state index contributed by atoms with van der Waals surface area (Å²) >= 11 is 5.75. The third-order valence-electron chi connectivity index (χ3n) is 2.51. The number of carbonyl (C=O) groups is 1. The Labute approximate surface area is 116 Å². The summed E-state index contributed by atoms with van der Waals surface area (Å²) < 4.78 is 0. The molecule has 2 N–H and O–H groups in total. The van der Waals surface area contributed by atoms with E-state index in [0.29, 0.717) is 11.7 Å². The van der Waals surface area contributed by atoms with Gasteiger partial charge in [-0.05, 0) is 17.7 Å². The summed E-state index contributed by atoms with van der Waals surface area (Å²) in [6.07, 6.45) is 1.59. The molecule has 98 valence electrons. The standard InChI is InChI=1S/C14H14ClN3O/c15-13-8-12(6-7-16-13)17-10-14(19)18-9-11-4-2-1-3-5-11/h1-8H,9-10H2,(H,16,17)(H,18,19). The van der Waals surface area contributed by atoms with Crippen molar-refractivity contribution in [2.75, 3.05) is 11.9 Å². The predicted octanol–water partition coefficient (Wildman–Crippen LogP) is 2.46. The molecule has 5 heteroatoms. The molecule has 0 fully saturated rings. The largest absolute Gasteiger partial charge is 0.376 e. The van der Waals surface area contributed by atoms with E-state index in [9.17, 15) is 4.79 Å². The van der Waals surface area contributed by atoms with E-state index in [1.807, 2.05) is 30.3 Å². The maximum Gasteiger partial charge on any atom is 0.239 e. The first-order chi connectivity index (χ1) is 9.24. The van der Waals surface area contributed by atoms with Crippen LogP contribution in [0, 0.1) is 0 Å². The lowest BCUT2D eigenvalue weighted by Crippen LogP contribution is -2.29. The van der Waals surface area contributed by atoms with Crippen LogP contribution in [-0.4, -0.2) is 17.4 Å². The molecule has 1 aromatic carbocycles. The van der Waals surface area contributed by atoms with E-state index in [1.54, 1.807) is 18.3 Å². The topological polar surface area (TPSA) is 54.0 Å². The number of carbonyl (C=O) groups excluding carboxylic acids is 1. The van der Waals surface area contributed by atoms with Gasteiger partial charge in [0.2, 0.25) is 5.91 Å². The van der Waals surface area contributed by atoms with E-state index in [0.717, 1.165) is 11.3 Å². The third kappa shape index (κ3) is 4.60. The van der Waals surface area contributed by atoms with Gasteiger partial charge in [0.1, 0.15) is 5.15 Å². The molecule has 0 unspecified atom stereocenters. The number of nitrogens with one attached hydrogen (secondary N) is 2. The average molecular weight is 276 g/mol. The van der Waals surface area contributed by atoms with Crippen LogP contribution < -0.4 is 10.6 Å². The van der Waals surface area contributed by atoms with Crippen molar-refractivity contribution in [3.05, 3.63) is 59.4 Å². The van der Waals surface area contributed by atoms with Crippen LogP contribution in [0.15, 0.2) is 48.7 Å². The summed E-state index contributed by atoms with van der Waals surface area (Å²) in [5.74, 6) is -0.0724. The highest BCUT2D eigenvalue weighted by Crippen LogP contribution is 2.11. The summed E-state index contributed by atoms with van der Waals surface area (Å²) in [6.45, 7) is 0.728. The Balaban J connectivity index is 1.76. The lowest BCUT2D eigenvalue weighted by molar-refractivity contribution is -0.119. The minimum Gasteiger partial charge on any atom is -0.376 e. The van der Waals surface area contributed by atoms with Gasteiger partial charge in [0.15, 0.2) is 0 Å². The molecule has 2 rings (SSSR count). The zero-order valence-corrected chi connectivity index (χ0v) is 11.0. The Morgan fingerprint density at radius 2 is 2.00 bits per heavy atom. The van der Waals surface area contributed by atoms with E-state index < -0.39 is 0 Å². The van der Waals surface area contributed by atoms with Crippen LogP contribution in [0.5, 0.6) is 0 Å². The van der Waals surface area contributed by atoms with Gasteiger partial charge in [-0.3, -0.25) is 4.79 Å². The van der Waals surface area contributed by atoms with Gasteiger partial charge in [0.05, 0.1) is 6.54 Å². The third-order valence-corrected chi connectivity index (χ3v) is 2.72. The van der Waals surface area contributed by atoms with Crippen molar-refractivity contribution in [2.45, 2.75) is 6.54 Å². The number of hydrogen-bond acceptors (Lipinski definition) is 3. The highest BCUT2D eigenvalue weighted by molar-refractivity contribution is 6.29. The molecule has 19 heavy (non-hydrogen) atoms. The summed E-state index contributed by atoms with van der Waals surface area (Å²) in [5, 5.41) is 6.22. The van der Waals surface area contributed by atoms with Crippen molar-refractivity contribution in [3.8, 4) is 0 Å². The Morgan fingerprint density at radius 1 is 1.21 bits per heavy atom. The van der Waals surface area contributed by atoms with Crippen molar-refractivity contribution in [1.82, 2.24) is 10.3 Å². The number of nitrogens with zero attached hydrogens (tertiary/aromatic N) is 1. The Kier molecular flexibility index (Phi) is 4.75. The molecule has 1 amide bonds. The van der Waals surface area contributed by atoms with Gasteiger partial charge in [0.25, 0.3) is 0 Å². The van der Waals surface area contributed by atoms with Gasteiger partial charge in [0, 0.05) is 18.4 Å². The van der Waals surface area contributed by atoms with E-state index in [2.05, 4.69) is 15.6 Å². The van der Waals surface area contributed by atoms with Crippen LogP contribution in [0.2, 0.25) is 5.15 Å². The highest BCUT2D eigenvalue weighted by Gasteiger charge is 2.01. The molecule has 1 heterocycles. The fraction of sp³-hybridized carbons (Fsp3) is 0.143. The lowest BCUT2D eigenvalue weighted by Gasteiger charge is -2.07. The number of aromatic nitrogens is 1. The minimum atomic E-state index is -0.0724. The molecule has 0 saturated carbocycles. The normalized spacial score (nSPS) is 9.95. The first-order valence-electron chi connectivity index (χ1n) is 5.90. The Bertz CT molecular complexity index is 545. The summed E-state index contributed by atoms with van der Waals surface area (Å²) in [5.41, 5.74) is 1.85. The number of benzene rings is 1. The van der Waals surface area contributed by atoms with Crippen LogP contribution in [0.3, 0.4) is 0 Å². The van der Waals surface area contributed by atoms with Crippen LogP contribution in [0.4, 0.5) is 5.69 Å². The second-order valence-electron chi connectivity index (χ2n) is 3.98. The first-order valence-corrected chi connectivity index (χ1v) is 6.28. The number of rotatable bonds is 5. The summed E-state index contributed by atoms with van der Waals surface area (Å²) in [4.78, 5) is 15.5. The molecule has 0 bridgehead atoms. The van der Waals surface area contributed by atoms with Gasteiger partial charge in [-0.15, -0.1) is 0 Å². The molecule has 0 aliphatic rings. The molecule has 0 aliphatic carbocycles. The number of hydrogen-bond donors (Lipinski definition) is 2. The average Bonchev–Trinajstić information content (AvgIpc) is 2.44. The van der Waals surface area contributed by atoms with Crippen LogP contribution in [0.1, 0.15) is 5.56 Å². The van der Waals surface area contributed by atoms with E-state index in [-0.39, 0.29) is 12.5 Å². The number of halogens is 1. The van der Waals surface area contributed by atoms with Crippen molar-refractivity contribution in [1.29, 1.82) is 0 Å². The molecule has 0 saturated heterocycles. The highest BCUT2D eigenvalue weighted by atomic mass is 35.5. The number of anilines is 1. The summed E-state index contributed by atoms with van der Waals surface area (Å²) in [6, 6.07) is 13.2. The smallest absolute Gasteiger partial charge is 0.239 e. The van der Waals surface area contributed by atoms with E-state index in [4.69, 9.17) is 11.6 Å². The molecule has 0 atom stereocenters. The SMILES string of the molecule is O=C(CNc1ccnc(Cl)c1)NCc1ccccc1. The first kappa shape index (κ1) is 13.4. The van der Waals surface area contributed by atoms with E-state index >= 15 is 0 Å². The van der Waals surface area contributed by atoms with Crippen molar-refractivity contribution in [3.63, 3.8) is 0 Å². The van der Waals surface area contributed by atoms with Crippen molar-refractivity contribution < 1.29 is 4.79 Å². The maximum atomic E-state index is 11.7. The second-order valence-corrected chi connectivity index (χ2v) is 4.37. The number of amides is 1. The monoisotopic (exact) mass is 275 g/mol. The summed E-state index contributed by atoms with van der Waals surface area (Å²) in [7, 11) is 0. The molecule has 1 aromatic heterocycles. The molecular formula is C14H14ClN3O. The van der Waals surface area contributed by atoms with Gasteiger partial charge in [-0.1, -0.05) is 41.9 Å². The zero-order chi connectivity index (χ0) is 13.5. The quantitative estimate of drug-likeness (QED) is 0.824. The molecule has 0 aliphatic heterocycles. The molecule has 0 radical (unpaired) electrons. The van der Waals surface area contributed by atoms with Gasteiger partial charge >= 0.3 is 0 Å². The maximum absolute atomic E-state index is 11.7. The Hall–Kier alpha value is -2.07. The predicted molar refractivity (Wildman–Crippen MR) is 76.0 cm³/mol. The van der Waals surface area contributed by atoms with Crippen LogP contribution in [0.25, 0.3) is 0 Å². The molecular weight excluding hydrogens is 262 g/mol. The van der Waals surface area contributed by atoms with E-state index in [1.165, 1.54) is 0 Å². The fourth-order valence-corrected chi connectivity index (χ4v) is 1.73.